The van der Waals surface area contributed by atoms with Crippen molar-refractivity contribution in [2.45, 2.75) is 12.5 Å². The number of methoxy groups -OCH3 is 2. The third-order valence-corrected chi connectivity index (χ3v) is 4.02. The Hall–Kier alpha value is -3.45. The summed E-state index contributed by atoms with van der Waals surface area (Å²) in [5, 5.41) is 9.08. The Morgan fingerprint density at radius 1 is 1.38 bits per heavy atom. The van der Waals surface area contributed by atoms with E-state index >= 15 is 0 Å². The number of carbonyl (C=O) groups is 1. The predicted octanol–water partition coefficient (Wildman–Crippen LogP) is 3.28. The highest BCUT2D eigenvalue weighted by Crippen LogP contribution is 2.35. The van der Waals surface area contributed by atoms with Gasteiger partial charge in [-0.15, -0.1) is 0 Å². The summed E-state index contributed by atoms with van der Waals surface area (Å²) < 4.78 is 16.0. The van der Waals surface area contributed by atoms with E-state index < -0.39 is 11.9 Å². The molecule has 2 aromatic rings. The number of carbonyl (C=O) groups excluding carboxylic acids is 1. The molecule has 1 aromatic heterocycles. The third-order valence-electron chi connectivity index (χ3n) is 4.02. The molecule has 2 heterocycles. The summed E-state index contributed by atoms with van der Waals surface area (Å²) in [6.07, 6.45) is 2.00. The van der Waals surface area contributed by atoms with Gasteiger partial charge in [0, 0.05) is 16.9 Å². The number of azide groups is 1. The zero-order chi connectivity index (χ0) is 18.5. The molecule has 1 atom stereocenters. The number of rotatable bonds is 6. The second-order valence-electron chi connectivity index (χ2n) is 5.48. The maximum Gasteiger partial charge on any atom is 0.249 e. The Morgan fingerprint density at radius 2 is 2.19 bits per heavy atom. The molecular weight excluding hydrogens is 338 g/mol. The van der Waals surface area contributed by atoms with Crippen LogP contribution >= 0.6 is 0 Å². The van der Waals surface area contributed by atoms with Crippen molar-refractivity contribution in [2.75, 3.05) is 20.8 Å². The molecule has 9 nitrogen and oxygen atoms in total. The topological polar surface area (TPSA) is 113 Å². The van der Waals surface area contributed by atoms with E-state index in [9.17, 15) is 4.79 Å². The number of hydrazone groups is 1. The lowest BCUT2D eigenvalue weighted by molar-refractivity contribution is -0.131. The van der Waals surface area contributed by atoms with Gasteiger partial charge in [-0.25, -0.2) is 5.01 Å². The summed E-state index contributed by atoms with van der Waals surface area (Å²) in [7, 11) is 3.12. The third kappa shape index (κ3) is 3.33. The lowest BCUT2D eigenvalue weighted by atomic mass is 10.0. The minimum atomic E-state index is -0.403. The maximum absolute atomic E-state index is 12.4. The van der Waals surface area contributed by atoms with Crippen molar-refractivity contribution in [2.24, 2.45) is 10.2 Å². The Balaban J connectivity index is 1.94. The fraction of sp³-hybridized carbons (Fsp3) is 0.294. The van der Waals surface area contributed by atoms with Gasteiger partial charge in [0.2, 0.25) is 5.91 Å². The van der Waals surface area contributed by atoms with Gasteiger partial charge < -0.3 is 13.9 Å². The van der Waals surface area contributed by atoms with Crippen LogP contribution in [0.4, 0.5) is 0 Å². The van der Waals surface area contributed by atoms with E-state index in [1.54, 1.807) is 44.7 Å². The summed E-state index contributed by atoms with van der Waals surface area (Å²) in [6.45, 7) is -0.309. The van der Waals surface area contributed by atoms with Crippen LogP contribution < -0.4 is 9.47 Å². The van der Waals surface area contributed by atoms with Gasteiger partial charge in [0.25, 0.3) is 0 Å². The molecule has 0 saturated heterocycles. The molecule has 0 radical (unpaired) electrons. The van der Waals surface area contributed by atoms with Crippen molar-refractivity contribution < 1.29 is 18.7 Å². The van der Waals surface area contributed by atoms with E-state index in [0.717, 1.165) is 5.56 Å². The second-order valence-corrected chi connectivity index (χ2v) is 5.48. The first-order valence-electron chi connectivity index (χ1n) is 7.84. The van der Waals surface area contributed by atoms with Gasteiger partial charge in [0.15, 0.2) is 11.5 Å². The van der Waals surface area contributed by atoms with E-state index in [1.807, 2.05) is 6.07 Å². The smallest absolute Gasteiger partial charge is 0.249 e. The molecule has 1 aliphatic heterocycles. The van der Waals surface area contributed by atoms with E-state index in [-0.39, 0.29) is 6.54 Å². The van der Waals surface area contributed by atoms with E-state index in [2.05, 4.69) is 15.1 Å². The van der Waals surface area contributed by atoms with Crippen LogP contribution in [-0.4, -0.2) is 37.4 Å². The molecule has 26 heavy (non-hydrogen) atoms. The van der Waals surface area contributed by atoms with Crippen molar-refractivity contribution >= 4 is 11.6 Å². The van der Waals surface area contributed by atoms with E-state index in [1.165, 1.54) is 5.01 Å². The summed E-state index contributed by atoms with van der Waals surface area (Å²) >= 11 is 0. The molecule has 1 aliphatic rings. The Morgan fingerprint density at radius 3 is 2.85 bits per heavy atom. The molecule has 1 aromatic carbocycles. The van der Waals surface area contributed by atoms with Crippen LogP contribution in [0.25, 0.3) is 10.4 Å². The molecule has 0 bridgehead atoms. The molecule has 0 N–H and O–H groups in total. The highest BCUT2D eigenvalue weighted by Gasteiger charge is 2.34. The Labute approximate surface area is 149 Å². The Kier molecular flexibility index (Phi) is 5.09. The molecule has 0 spiro atoms. The molecule has 0 unspecified atom stereocenters. The highest BCUT2D eigenvalue weighted by atomic mass is 16.5. The molecule has 1 amide bonds. The van der Waals surface area contributed by atoms with Crippen molar-refractivity contribution in [3.63, 3.8) is 0 Å². The van der Waals surface area contributed by atoms with Gasteiger partial charge in [-0.1, -0.05) is 5.11 Å². The van der Waals surface area contributed by atoms with Crippen molar-refractivity contribution in [3.05, 3.63) is 58.4 Å². The van der Waals surface area contributed by atoms with Crippen LogP contribution in [-0.2, 0) is 4.79 Å². The number of hydrogen-bond donors (Lipinski definition) is 0. The quantitative estimate of drug-likeness (QED) is 0.449. The van der Waals surface area contributed by atoms with Crippen LogP contribution in [0.1, 0.15) is 23.8 Å². The molecule has 3 rings (SSSR count). The van der Waals surface area contributed by atoms with Crippen LogP contribution in [0, 0.1) is 0 Å². The van der Waals surface area contributed by atoms with Gasteiger partial charge >= 0.3 is 0 Å². The fourth-order valence-corrected chi connectivity index (χ4v) is 2.80. The van der Waals surface area contributed by atoms with Crippen LogP contribution in [0.3, 0.4) is 0 Å². The first kappa shape index (κ1) is 17.4. The zero-order valence-corrected chi connectivity index (χ0v) is 14.3. The number of benzene rings is 1. The van der Waals surface area contributed by atoms with Crippen molar-refractivity contribution in [1.82, 2.24) is 5.01 Å². The standard InChI is InChI=1S/C17H17N5O4/c1-24-15-6-5-11(8-16(15)25-2)12-9-13(14-4-3-7-26-14)22(20-12)17(23)10-19-21-18/h3-8,13H,9-10H2,1-2H3/t13-/m0/s1. The molecule has 0 aliphatic carbocycles. The first-order chi connectivity index (χ1) is 12.7. The fourth-order valence-electron chi connectivity index (χ4n) is 2.80. The van der Waals surface area contributed by atoms with Crippen LogP contribution in [0.5, 0.6) is 11.5 Å². The highest BCUT2D eigenvalue weighted by molar-refractivity contribution is 6.03. The van der Waals surface area contributed by atoms with Crippen molar-refractivity contribution in [3.8, 4) is 11.5 Å². The van der Waals surface area contributed by atoms with Crippen LogP contribution in [0.15, 0.2) is 51.2 Å². The SMILES string of the molecule is COc1ccc(C2=NN(C(=O)CN=[N+]=[N-])[C@H](c3ccco3)C2)cc1OC. The van der Waals surface area contributed by atoms with Gasteiger partial charge in [-0.2, -0.15) is 5.10 Å². The number of ether oxygens (including phenoxy) is 2. The zero-order valence-electron chi connectivity index (χ0n) is 14.3. The number of nitrogens with zero attached hydrogens (tertiary/aromatic N) is 5. The van der Waals surface area contributed by atoms with E-state index in [4.69, 9.17) is 19.4 Å². The summed E-state index contributed by atoms with van der Waals surface area (Å²) in [5.41, 5.74) is 9.95. The van der Waals surface area contributed by atoms with Crippen molar-refractivity contribution in [1.29, 1.82) is 0 Å². The molecule has 134 valence electrons. The molecule has 0 saturated carbocycles. The number of furan rings is 1. The number of amides is 1. The normalized spacial score (nSPS) is 16.0. The van der Waals surface area contributed by atoms with Gasteiger partial charge in [0.1, 0.15) is 18.3 Å². The van der Waals surface area contributed by atoms with Gasteiger partial charge in [-0.3, -0.25) is 4.79 Å². The monoisotopic (exact) mass is 355 g/mol. The average Bonchev–Trinajstić information content (AvgIpc) is 3.34. The molecular formula is C17H17N5O4. The Bertz CT molecular complexity index is 871. The lowest BCUT2D eigenvalue weighted by Gasteiger charge is -2.18. The summed E-state index contributed by atoms with van der Waals surface area (Å²) in [4.78, 5) is 15.0. The second kappa shape index (κ2) is 7.62. The minimum Gasteiger partial charge on any atom is -0.493 e. The summed E-state index contributed by atoms with van der Waals surface area (Å²) in [6, 6.07) is 8.57. The largest absolute Gasteiger partial charge is 0.493 e. The predicted molar refractivity (Wildman–Crippen MR) is 93.0 cm³/mol. The maximum atomic E-state index is 12.4. The van der Waals surface area contributed by atoms with E-state index in [0.29, 0.717) is 29.4 Å². The van der Waals surface area contributed by atoms with Gasteiger partial charge in [0.05, 0.1) is 26.2 Å². The average molecular weight is 355 g/mol. The molecule has 0 fully saturated rings. The number of hydrogen-bond acceptors (Lipinski definition) is 6. The first-order valence-corrected chi connectivity index (χ1v) is 7.84. The lowest BCUT2D eigenvalue weighted by Crippen LogP contribution is -2.28. The summed E-state index contributed by atoms with van der Waals surface area (Å²) in [5.74, 6) is 1.38. The van der Waals surface area contributed by atoms with Crippen LogP contribution in [0.2, 0.25) is 0 Å². The van der Waals surface area contributed by atoms with Gasteiger partial charge in [-0.05, 0) is 35.9 Å². The minimum absolute atomic E-state index is 0.309. The molecule has 9 heteroatoms.